The average molecular weight is 765 g/mol. The molecular weight excluding hydrogens is 725 g/mol. The van der Waals surface area contributed by atoms with Crippen molar-refractivity contribution in [3.05, 3.63) is 223 Å². The van der Waals surface area contributed by atoms with Crippen LogP contribution in [0, 0.1) is 0 Å². The Hall–Kier alpha value is -7.68. The molecule has 0 saturated carbocycles. The van der Waals surface area contributed by atoms with Crippen LogP contribution >= 0.6 is 0 Å². The van der Waals surface area contributed by atoms with E-state index in [1.54, 1.807) is 0 Å². The number of nitrogens with zero attached hydrogens (tertiary/aromatic N) is 2. The van der Waals surface area contributed by atoms with Gasteiger partial charge in [-0.3, -0.25) is 0 Å². The summed E-state index contributed by atoms with van der Waals surface area (Å²) in [7, 11) is 0. The monoisotopic (exact) mass is 764 g/mol. The van der Waals surface area contributed by atoms with E-state index in [9.17, 15) is 0 Å². The Morgan fingerprint density at radius 1 is 0.417 bits per heavy atom. The van der Waals surface area contributed by atoms with Gasteiger partial charge in [0.2, 0.25) is 0 Å². The summed E-state index contributed by atoms with van der Waals surface area (Å²) in [5.41, 5.74) is 14.6. The molecule has 11 aromatic rings. The first-order valence-electron chi connectivity index (χ1n) is 21.0. The number of benzene rings is 10. The van der Waals surface area contributed by atoms with Gasteiger partial charge in [-0.25, -0.2) is 0 Å². The number of aryl methyl sites for hydroxylation is 1. The van der Waals surface area contributed by atoms with E-state index in [-0.39, 0.29) is 0 Å². The van der Waals surface area contributed by atoms with Crippen LogP contribution in [-0.4, -0.2) is 4.57 Å². The topological polar surface area (TPSA) is 8.17 Å². The lowest BCUT2D eigenvalue weighted by Gasteiger charge is -2.26. The van der Waals surface area contributed by atoms with Crippen molar-refractivity contribution in [3.63, 3.8) is 0 Å². The molecule has 60 heavy (non-hydrogen) atoms. The SMILES string of the molecule is C1=Cc2c(ccc3cc(-c4ccc(N(c5cccc(-c6cccc7c6c6ccc8ccccc8c6n7-c6ccccc6)c5)c5ccc6ccccc6c5)cc4)ccc23)CC1. The molecule has 1 aliphatic rings. The van der Waals surface area contributed by atoms with Gasteiger partial charge in [-0.2, -0.15) is 0 Å². The lowest BCUT2D eigenvalue weighted by molar-refractivity contribution is 0.990. The summed E-state index contributed by atoms with van der Waals surface area (Å²) < 4.78 is 2.45. The molecule has 0 spiro atoms. The summed E-state index contributed by atoms with van der Waals surface area (Å²) >= 11 is 0. The van der Waals surface area contributed by atoms with Gasteiger partial charge < -0.3 is 9.47 Å². The second-order valence-electron chi connectivity index (χ2n) is 16.0. The molecule has 1 heterocycles. The molecule has 0 saturated heterocycles. The van der Waals surface area contributed by atoms with Crippen LogP contribution in [0.4, 0.5) is 17.1 Å². The normalized spacial score (nSPS) is 12.5. The summed E-state index contributed by atoms with van der Waals surface area (Å²) in [6.45, 7) is 0. The molecule has 0 fully saturated rings. The number of rotatable bonds is 6. The fraction of sp³-hybridized carbons (Fsp3) is 0.0345. The van der Waals surface area contributed by atoms with Gasteiger partial charge >= 0.3 is 0 Å². The molecule has 0 radical (unpaired) electrons. The summed E-state index contributed by atoms with van der Waals surface area (Å²) in [5, 5.41) is 10.1. The number of para-hydroxylation sites is 1. The number of allylic oxidation sites excluding steroid dienone is 1. The molecule has 0 bridgehead atoms. The number of hydrogen-bond acceptors (Lipinski definition) is 1. The predicted molar refractivity (Wildman–Crippen MR) is 256 cm³/mol. The smallest absolute Gasteiger partial charge is 0.0619 e. The maximum Gasteiger partial charge on any atom is 0.0619 e. The van der Waals surface area contributed by atoms with Crippen LogP contribution in [0.3, 0.4) is 0 Å². The molecule has 0 aliphatic heterocycles. The summed E-state index contributed by atoms with van der Waals surface area (Å²) in [5.74, 6) is 0. The Morgan fingerprint density at radius 2 is 1.13 bits per heavy atom. The lowest BCUT2D eigenvalue weighted by Crippen LogP contribution is -2.10. The Labute approximate surface area is 349 Å². The van der Waals surface area contributed by atoms with Crippen molar-refractivity contribution in [2.75, 3.05) is 4.90 Å². The minimum absolute atomic E-state index is 1.10. The fourth-order valence-electron chi connectivity index (χ4n) is 9.73. The van der Waals surface area contributed by atoms with Crippen molar-refractivity contribution in [1.82, 2.24) is 4.57 Å². The van der Waals surface area contributed by atoms with E-state index in [4.69, 9.17) is 0 Å². The zero-order chi connectivity index (χ0) is 39.6. The van der Waals surface area contributed by atoms with Crippen molar-refractivity contribution in [3.8, 4) is 27.9 Å². The molecule has 0 N–H and O–H groups in total. The molecule has 0 unspecified atom stereocenters. The Balaban J connectivity index is 1.01. The third-order valence-electron chi connectivity index (χ3n) is 12.6. The summed E-state index contributed by atoms with van der Waals surface area (Å²) in [6.07, 6.45) is 6.85. The van der Waals surface area contributed by atoms with Crippen molar-refractivity contribution in [2.24, 2.45) is 0 Å². The van der Waals surface area contributed by atoms with Gasteiger partial charge in [-0.1, -0.05) is 158 Å². The molecule has 0 amide bonds. The zero-order valence-electron chi connectivity index (χ0n) is 33.1. The number of hydrogen-bond donors (Lipinski definition) is 0. The average Bonchev–Trinajstić information content (AvgIpc) is 3.67. The number of aromatic nitrogens is 1. The standard InChI is InChI=1S/C58H40N2/c1-2-17-47(18-3-1)60-56-23-11-22-53(57(56)55-35-29-42-14-7-9-21-54(42)58(55)60)45-16-10-19-49(38-45)59(50-33-28-39-12-4-5-15-43(39)37-50)48-31-26-40(27-32-48)44-30-34-52-46(36-44)25-24-41-13-6-8-20-51(41)52/h1-5,7-12,14-38H,6,13H2. The lowest BCUT2D eigenvalue weighted by atomic mass is 9.91. The van der Waals surface area contributed by atoms with Gasteiger partial charge in [-0.05, 0) is 134 Å². The molecule has 2 nitrogen and oxygen atoms in total. The highest BCUT2D eigenvalue weighted by molar-refractivity contribution is 6.22. The van der Waals surface area contributed by atoms with Crippen LogP contribution in [0.15, 0.2) is 212 Å². The van der Waals surface area contributed by atoms with Gasteiger partial charge in [0.25, 0.3) is 0 Å². The van der Waals surface area contributed by atoms with E-state index in [0.29, 0.717) is 0 Å². The Morgan fingerprint density at radius 3 is 2.03 bits per heavy atom. The quantitative estimate of drug-likeness (QED) is 0.164. The number of fused-ring (bicyclic) bond motifs is 9. The maximum atomic E-state index is 2.45. The fourth-order valence-corrected chi connectivity index (χ4v) is 9.73. The van der Waals surface area contributed by atoms with E-state index in [2.05, 4.69) is 228 Å². The van der Waals surface area contributed by atoms with Crippen molar-refractivity contribution in [1.29, 1.82) is 0 Å². The van der Waals surface area contributed by atoms with Crippen molar-refractivity contribution < 1.29 is 0 Å². The van der Waals surface area contributed by atoms with E-state index >= 15 is 0 Å². The van der Waals surface area contributed by atoms with E-state index in [1.807, 2.05) is 0 Å². The van der Waals surface area contributed by atoms with Gasteiger partial charge in [0.15, 0.2) is 0 Å². The van der Waals surface area contributed by atoms with Crippen molar-refractivity contribution >= 4 is 77.3 Å². The van der Waals surface area contributed by atoms with E-state index in [0.717, 1.165) is 35.6 Å². The van der Waals surface area contributed by atoms with Crippen LogP contribution in [0.5, 0.6) is 0 Å². The minimum atomic E-state index is 1.10. The number of anilines is 3. The highest BCUT2D eigenvalue weighted by Crippen LogP contribution is 2.44. The van der Waals surface area contributed by atoms with Gasteiger partial charge in [0.05, 0.1) is 11.0 Å². The molecular formula is C58H40N2. The van der Waals surface area contributed by atoms with E-state index in [1.165, 1.54) is 87.5 Å². The molecule has 0 atom stereocenters. The molecule has 12 rings (SSSR count). The van der Waals surface area contributed by atoms with Gasteiger partial charge in [-0.15, -0.1) is 0 Å². The summed E-state index contributed by atoms with van der Waals surface area (Å²) in [4.78, 5) is 2.40. The zero-order valence-corrected chi connectivity index (χ0v) is 33.1. The van der Waals surface area contributed by atoms with Crippen LogP contribution in [0.2, 0.25) is 0 Å². The van der Waals surface area contributed by atoms with Crippen LogP contribution in [0.25, 0.3) is 88.1 Å². The first-order chi connectivity index (χ1) is 29.7. The minimum Gasteiger partial charge on any atom is -0.310 e. The molecule has 1 aliphatic carbocycles. The second kappa shape index (κ2) is 14.0. The molecule has 10 aromatic carbocycles. The second-order valence-corrected chi connectivity index (χ2v) is 16.0. The molecule has 1 aromatic heterocycles. The maximum absolute atomic E-state index is 2.45. The highest BCUT2D eigenvalue weighted by atomic mass is 15.1. The largest absolute Gasteiger partial charge is 0.310 e. The van der Waals surface area contributed by atoms with Gasteiger partial charge in [0, 0.05) is 38.9 Å². The van der Waals surface area contributed by atoms with Crippen LogP contribution in [0.1, 0.15) is 17.5 Å². The van der Waals surface area contributed by atoms with E-state index < -0.39 is 0 Å². The third kappa shape index (κ3) is 5.64. The van der Waals surface area contributed by atoms with Gasteiger partial charge in [0.1, 0.15) is 0 Å². The predicted octanol–water partition coefficient (Wildman–Crippen LogP) is 16.0. The van der Waals surface area contributed by atoms with Crippen LogP contribution < -0.4 is 4.90 Å². The van der Waals surface area contributed by atoms with Crippen molar-refractivity contribution in [2.45, 2.75) is 12.8 Å². The molecule has 282 valence electrons. The highest BCUT2D eigenvalue weighted by Gasteiger charge is 2.20. The third-order valence-corrected chi connectivity index (χ3v) is 12.6. The summed E-state index contributed by atoms with van der Waals surface area (Å²) in [6, 6.07) is 76.0. The first kappa shape index (κ1) is 34.4. The Kier molecular flexibility index (Phi) is 8.02. The van der Waals surface area contributed by atoms with Crippen LogP contribution in [-0.2, 0) is 6.42 Å². The first-order valence-corrected chi connectivity index (χ1v) is 21.0. The Bertz CT molecular complexity index is 3480. The molecule has 2 heteroatoms.